The molecule has 4 aromatic carbocycles. The predicted molar refractivity (Wildman–Crippen MR) is 187 cm³/mol. The van der Waals surface area contributed by atoms with Gasteiger partial charge in [-0.15, -0.1) is 0 Å². The first kappa shape index (κ1) is 33.5. The Labute approximate surface area is 290 Å². The second kappa shape index (κ2) is 15.3. The highest BCUT2D eigenvalue weighted by atomic mass is 79.9. The van der Waals surface area contributed by atoms with Gasteiger partial charge in [-0.05, 0) is 60.4 Å². The van der Waals surface area contributed by atoms with Gasteiger partial charge in [0.05, 0.1) is 10.6 Å². The number of fused-ring (bicyclic) bond motifs is 1. The van der Waals surface area contributed by atoms with Crippen molar-refractivity contribution in [2.45, 2.75) is 55.6 Å². The molecule has 2 amide bonds. The molecule has 1 heterocycles. The van der Waals surface area contributed by atoms with Crippen molar-refractivity contribution in [1.82, 2.24) is 10.2 Å². The van der Waals surface area contributed by atoms with Crippen LogP contribution >= 0.6 is 15.9 Å². The van der Waals surface area contributed by atoms with Gasteiger partial charge in [0.2, 0.25) is 11.8 Å². The summed E-state index contributed by atoms with van der Waals surface area (Å²) in [6.07, 6.45) is 4.11. The Kier molecular flexibility index (Phi) is 10.7. The third-order valence-electron chi connectivity index (χ3n) is 8.66. The van der Waals surface area contributed by atoms with Crippen LogP contribution in [0.25, 0.3) is 0 Å². The van der Waals surface area contributed by atoms with Crippen LogP contribution in [0.1, 0.15) is 36.8 Å². The maximum Gasteiger partial charge on any atom is 0.264 e. The number of benzene rings is 4. The van der Waals surface area contributed by atoms with Crippen LogP contribution in [0.2, 0.25) is 0 Å². The maximum atomic E-state index is 14.7. The minimum Gasteiger partial charge on any atom is -0.486 e. The summed E-state index contributed by atoms with van der Waals surface area (Å²) in [7, 11) is -4.23. The molecule has 0 aromatic heterocycles. The number of halogens is 1. The van der Waals surface area contributed by atoms with Crippen LogP contribution in [0, 0.1) is 0 Å². The highest BCUT2D eigenvalue weighted by Gasteiger charge is 2.36. The van der Waals surface area contributed by atoms with Gasteiger partial charge in [-0.3, -0.25) is 13.9 Å². The maximum absolute atomic E-state index is 14.7. The molecule has 1 aliphatic carbocycles. The topological polar surface area (TPSA) is 105 Å². The molecule has 9 nitrogen and oxygen atoms in total. The number of sulfonamides is 1. The van der Waals surface area contributed by atoms with Crippen molar-refractivity contribution in [3.05, 3.63) is 119 Å². The van der Waals surface area contributed by atoms with Crippen LogP contribution in [-0.2, 0) is 32.6 Å². The molecule has 1 atom stereocenters. The first-order valence-corrected chi connectivity index (χ1v) is 18.4. The van der Waals surface area contributed by atoms with Crippen LogP contribution in [0.15, 0.2) is 112 Å². The van der Waals surface area contributed by atoms with Crippen molar-refractivity contribution in [3.63, 3.8) is 0 Å². The lowest BCUT2D eigenvalue weighted by Gasteiger charge is -2.34. The molecule has 1 aliphatic heterocycles. The molecular formula is C37H38BrN3O6S. The number of nitrogens with zero attached hydrogens (tertiary/aromatic N) is 2. The number of amides is 2. The van der Waals surface area contributed by atoms with E-state index in [0.29, 0.717) is 24.7 Å². The quantitative estimate of drug-likeness (QED) is 0.189. The van der Waals surface area contributed by atoms with E-state index in [1.54, 1.807) is 36.4 Å². The van der Waals surface area contributed by atoms with Gasteiger partial charge in [0, 0.05) is 29.5 Å². The summed E-state index contributed by atoms with van der Waals surface area (Å²) >= 11 is 3.48. The van der Waals surface area contributed by atoms with Crippen molar-refractivity contribution in [2.75, 3.05) is 24.1 Å². The lowest BCUT2D eigenvalue weighted by molar-refractivity contribution is -0.140. The minimum atomic E-state index is -4.23. The van der Waals surface area contributed by atoms with Gasteiger partial charge >= 0.3 is 0 Å². The molecule has 1 saturated carbocycles. The lowest BCUT2D eigenvalue weighted by Crippen LogP contribution is -2.54. The lowest BCUT2D eigenvalue weighted by atomic mass is 10.0. The predicted octanol–water partition coefficient (Wildman–Crippen LogP) is 6.11. The smallest absolute Gasteiger partial charge is 0.264 e. The average molecular weight is 733 g/mol. The fraction of sp³-hybridized carbons (Fsp3) is 0.297. The van der Waals surface area contributed by atoms with Gasteiger partial charge in [-0.25, -0.2) is 8.42 Å². The number of nitrogens with one attached hydrogen (secondary N) is 1. The summed E-state index contributed by atoms with van der Waals surface area (Å²) in [6.45, 7) is 0.254. The fourth-order valence-corrected chi connectivity index (χ4v) is 7.83. The van der Waals surface area contributed by atoms with Gasteiger partial charge < -0.3 is 19.7 Å². The summed E-state index contributed by atoms with van der Waals surface area (Å²) < 4.78 is 42.0. The van der Waals surface area contributed by atoms with Crippen molar-refractivity contribution < 1.29 is 27.5 Å². The highest BCUT2D eigenvalue weighted by molar-refractivity contribution is 9.10. The van der Waals surface area contributed by atoms with Crippen molar-refractivity contribution in [2.24, 2.45) is 0 Å². The van der Waals surface area contributed by atoms with E-state index in [9.17, 15) is 18.0 Å². The van der Waals surface area contributed by atoms with Crippen molar-refractivity contribution >= 4 is 43.5 Å². The van der Waals surface area contributed by atoms with Crippen LogP contribution < -0.4 is 19.1 Å². The van der Waals surface area contributed by atoms with E-state index >= 15 is 0 Å². The number of anilines is 1. The molecule has 11 heteroatoms. The zero-order chi connectivity index (χ0) is 33.5. The van der Waals surface area contributed by atoms with E-state index in [2.05, 4.69) is 21.2 Å². The highest BCUT2D eigenvalue weighted by Crippen LogP contribution is 2.36. The van der Waals surface area contributed by atoms with Crippen molar-refractivity contribution in [1.29, 1.82) is 0 Å². The Hall–Kier alpha value is -4.35. The molecule has 0 saturated heterocycles. The summed E-state index contributed by atoms with van der Waals surface area (Å²) in [4.78, 5) is 30.4. The standard InChI is InChI=1S/C37H38BrN3O6S/c38-29-17-15-28(16-18-29)25-40(33(23-27-9-3-1-4-10-27)37(43)39-30-11-7-8-12-30)36(42)26-41(48(44,45)32-13-5-2-6-14-32)31-19-20-34-35(24-31)47-22-21-46-34/h1-6,9-10,13-20,24,30,33H,7-8,11-12,21-23,25-26H2,(H,39,43)/t33-/m1/s1. The molecule has 2 aliphatic rings. The van der Waals surface area contributed by atoms with E-state index in [4.69, 9.17) is 9.47 Å². The van der Waals surface area contributed by atoms with E-state index < -0.39 is 28.5 Å². The summed E-state index contributed by atoms with van der Waals surface area (Å²) in [5.41, 5.74) is 1.93. The van der Waals surface area contributed by atoms with Gasteiger partial charge in [0.15, 0.2) is 11.5 Å². The molecule has 250 valence electrons. The zero-order valence-corrected chi connectivity index (χ0v) is 28.9. The fourth-order valence-electron chi connectivity index (χ4n) is 6.14. The Morgan fingerprint density at radius 1 is 0.812 bits per heavy atom. The van der Waals surface area contributed by atoms with Gasteiger partial charge in [0.1, 0.15) is 25.8 Å². The van der Waals surface area contributed by atoms with Gasteiger partial charge in [-0.2, -0.15) is 0 Å². The summed E-state index contributed by atoms with van der Waals surface area (Å²) in [5, 5.41) is 3.20. The number of hydrogen-bond acceptors (Lipinski definition) is 6. The number of carbonyl (C=O) groups is 2. The van der Waals surface area contributed by atoms with E-state index in [0.717, 1.165) is 45.6 Å². The second-order valence-electron chi connectivity index (χ2n) is 12.0. The molecule has 0 radical (unpaired) electrons. The molecule has 6 rings (SSSR count). The third kappa shape index (κ3) is 8.02. The van der Waals surface area contributed by atoms with Gasteiger partial charge in [-0.1, -0.05) is 89.4 Å². The largest absolute Gasteiger partial charge is 0.486 e. The normalized spacial score (nSPS) is 15.0. The SMILES string of the molecule is O=C(NC1CCCC1)[C@@H](Cc1ccccc1)N(Cc1ccc(Br)cc1)C(=O)CN(c1ccc2c(c1)OCCO2)S(=O)(=O)c1ccccc1. The van der Waals surface area contributed by atoms with E-state index in [-0.39, 0.29) is 35.5 Å². The second-order valence-corrected chi connectivity index (χ2v) is 14.8. The number of ether oxygens (including phenoxy) is 2. The number of hydrogen-bond donors (Lipinski definition) is 1. The molecular weight excluding hydrogens is 694 g/mol. The molecule has 0 spiro atoms. The molecule has 4 aromatic rings. The molecule has 0 unspecified atom stereocenters. The monoisotopic (exact) mass is 731 g/mol. The molecule has 48 heavy (non-hydrogen) atoms. The zero-order valence-electron chi connectivity index (χ0n) is 26.5. The van der Waals surface area contributed by atoms with E-state index in [1.165, 1.54) is 17.0 Å². The van der Waals surface area contributed by atoms with Crippen LogP contribution in [-0.4, -0.2) is 57.0 Å². The summed E-state index contributed by atoms with van der Waals surface area (Å²) in [6, 6.07) is 29.1. The molecule has 0 bridgehead atoms. The third-order valence-corrected chi connectivity index (χ3v) is 11.0. The molecule has 1 fully saturated rings. The van der Waals surface area contributed by atoms with E-state index in [1.807, 2.05) is 54.6 Å². The van der Waals surface area contributed by atoms with Crippen LogP contribution in [0.3, 0.4) is 0 Å². The Morgan fingerprint density at radius 2 is 1.46 bits per heavy atom. The average Bonchev–Trinajstić information content (AvgIpc) is 3.63. The van der Waals surface area contributed by atoms with Gasteiger partial charge in [0.25, 0.3) is 10.0 Å². The number of rotatable bonds is 12. The Morgan fingerprint density at radius 3 is 2.15 bits per heavy atom. The first-order valence-electron chi connectivity index (χ1n) is 16.1. The minimum absolute atomic E-state index is 0.0342. The number of carbonyl (C=O) groups excluding carboxylic acids is 2. The Bertz CT molecular complexity index is 1820. The first-order chi connectivity index (χ1) is 23.3. The molecule has 1 N–H and O–H groups in total. The van der Waals surface area contributed by atoms with Crippen LogP contribution in [0.4, 0.5) is 5.69 Å². The van der Waals surface area contributed by atoms with Crippen LogP contribution in [0.5, 0.6) is 11.5 Å². The summed E-state index contributed by atoms with van der Waals surface area (Å²) in [5.74, 6) is 0.115. The Balaban J connectivity index is 1.40. The van der Waals surface area contributed by atoms with Crippen molar-refractivity contribution in [3.8, 4) is 11.5 Å².